The zero-order valence-electron chi connectivity index (χ0n) is 15.1. The number of aromatic nitrogens is 2. The van der Waals surface area contributed by atoms with Gasteiger partial charge in [0.15, 0.2) is 0 Å². The molecule has 0 aliphatic carbocycles. The number of esters is 1. The molecule has 1 aromatic heterocycles. The maximum absolute atomic E-state index is 12.3. The fourth-order valence-corrected chi connectivity index (χ4v) is 2.85. The van der Waals surface area contributed by atoms with E-state index < -0.39 is 0 Å². The number of nitrogens with one attached hydrogen (secondary N) is 1. The van der Waals surface area contributed by atoms with E-state index in [1.165, 1.54) is 0 Å². The fourth-order valence-electron chi connectivity index (χ4n) is 2.73. The molecule has 0 unspecified atom stereocenters. The summed E-state index contributed by atoms with van der Waals surface area (Å²) in [5.41, 5.74) is 2.07. The van der Waals surface area contributed by atoms with Crippen molar-refractivity contribution in [2.24, 2.45) is 0 Å². The van der Waals surface area contributed by atoms with Crippen LogP contribution in [0.4, 0.5) is 0 Å². The van der Waals surface area contributed by atoms with Crippen molar-refractivity contribution >= 4 is 34.5 Å². The van der Waals surface area contributed by atoms with E-state index >= 15 is 0 Å². The second kappa shape index (κ2) is 8.22. The third-order valence-corrected chi connectivity index (χ3v) is 4.15. The van der Waals surface area contributed by atoms with Gasteiger partial charge in [-0.05, 0) is 50.2 Å². The minimum Gasteiger partial charge on any atom is -0.462 e. The van der Waals surface area contributed by atoms with Crippen LogP contribution in [0.1, 0.15) is 30.0 Å². The maximum Gasteiger partial charge on any atom is 0.326 e. The van der Waals surface area contributed by atoms with Crippen LogP contribution in [-0.2, 0) is 22.6 Å². The molecule has 27 heavy (non-hydrogen) atoms. The molecular weight excluding hydrogens is 366 g/mol. The van der Waals surface area contributed by atoms with Crippen LogP contribution < -0.4 is 5.32 Å². The van der Waals surface area contributed by atoms with Gasteiger partial charge in [0, 0.05) is 10.6 Å². The highest BCUT2D eigenvalue weighted by molar-refractivity contribution is 6.30. The van der Waals surface area contributed by atoms with Gasteiger partial charge in [-0.25, -0.2) is 4.98 Å². The molecule has 0 radical (unpaired) electrons. The van der Waals surface area contributed by atoms with Crippen molar-refractivity contribution in [3.8, 4) is 0 Å². The Balaban J connectivity index is 1.80. The lowest BCUT2D eigenvalue weighted by Crippen LogP contribution is -2.26. The Hall–Kier alpha value is -2.86. The number of carbonyl (C=O) groups excluding carboxylic acids is 2. The molecule has 0 aliphatic rings. The molecule has 0 spiro atoms. The number of rotatable bonds is 6. The summed E-state index contributed by atoms with van der Waals surface area (Å²) in [7, 11) is 0. The Bertz CT molecular complexity index is 964. The summed E-state index contributed by atoms with van der Waals surface area (Å²) in [6.07, 6.45) is -0.194. The zero-order valence-corrected chi connectivity index (χ0v) is 15.9. The minimum absolute atomic E-state index is 0.0326. The first-order chi connectivity index (χ1) is 12.9. The van der Waals surface area contributed by atoms with Crippen molar-refractivity contribution in [3.05, 3.63) is 64.9 Å². The van der Waals surface area contributed by atoms with E-state index in [9.17, 15) is 9.59 Å². The molecule has 0 bridgehead atoms. The molecule has 0 saturated carbocycles. The Kier molecular flexibility index (Phi) is 5.76. The van der Waals surface area contributed by atoms with Gasteiger partial charge < -0.3 is 14.6 Å². The summed E-state index contributed by atoms with van der Waals surface area (Å²) >= 11 is 5.85. The third-order valence-electron chi connectivity index (χ3n) is 3.90. The highest BCUT2D eigenvalue weighted by Crippen LogP contribution is 2.17. The van der Waals surface area contributed by atoms with Crippen LogP contribution in [0.25, 0.3) is 11.0 Å². The number of imidazole rings is 1. The van der Waals surface area contributed by atoms with Crippen molar-refractivity contribution in [1.29, 1.82) is 0 Å². The number of nitrogens with zero attached hydrogens (tertiary/aromatic N) is 2. The summed E-state index contributed by atoms with van der Waals surface area (Å²) in [5.74, 6) is -0.00678. The van der Waals surface area contributed by atoms with Gasteiger partial charge in [0.25, 0.3) is 5.91 Å². The molecule has 3 aromatic rings. The molecule has 0 saturated heterocycles. The van der Waals surface area contributed by atoms with Gasteiger partial charge in [-0.1, -0.05) is 23.7 Å². The third kappa shape index (κ3) is 4.65. The van der Waals surface area contributed by atoms with Crippen molar-refractivity contribution in [3.63, 3.8) is 0 Å². The second-order valence-corrected chi connectivity index (χ2v) is 6.77. The molecule has 6 nitrogen and oxygen atoms in total. The summed E-state index contributed by atoms with van der Waals surface area (Å²) in [6.45, 7) is 3.82. The van der Waals surface area contributed by atoms with E-state index in [1.54, 1.807) is 42.7 Å². The lowest BCUT2D eigenvalue weighted by atomic mass is 10.2. The van der Waals surface area contributed by atoms with Crippen molar-refractivity contribution in [1.82, 2.24) is 14.9 Å². The quantitative estimate of drug-likeness (QED) is 0.658. The molecular formula is C20H20ClN3O3. The smallest absolute Gasteiger partial charge is 0.326 e. The number of amides is 1. The first-order valence-electron chi connectivity index (χ1n) is 8.61. The van der Waals surface area contributed by atoms with Crippen LogP contribution in [0, 0.1) is 0 Å². The van der Waals surface area contributed by atoms with Crippen molar-refractivity contribution in [2.45, 2.75) is 33.0 Å². The van der Waals surface area contributed by atoms with Gasteiger partial charge in [0.2, 0.25) is 0 Å². The number of hydrogen-bond donors (Lipinski definition) is 1. The minimum atomic E-state index is -0.349. The molecule has 0 atom stereocenters. The van der Waals surface area contributed by atoms with Gasteiger partial charge in [0.05, 0.1) is 23.7 Å². The van der Waals surface area contributed by atoms with E-state index in [1.807, 2.05) is 24.3 Å². The Morgan fingerprint density at radius 1 is 1.15 bits per heavy atom. The van der Waals surface area contributed by atoms with Gasteiger partial charge in [-0.15, -0.1) is 0 Å². The largest absolute Gasteiger partial charge is 0.462 e. The highest BCUT2D eigenvalue weighted by atomic mass is 35.5. The van der Waals surface area contributed by atoms with Crippen LogP contribution in [0.3, 0.4) is 0 Å². The zero-order chi connectivity index (χ0) is 19.4. The van der Waals surface area contributed by atoms with Crippen LogP contribution in [-0.4, -0.2) is 27.5 Å². The average molecular weight is 386 g/mol. The molecule has 1 heterocycles. The molecule has 2 aromatic carbocycles. The average Bonchev–Trinajstić information content (AvgIpc) is 2.97. The number of para-hydroxylation sites is 2. The van der Waals surface area contributed by atoms with Gasteiger partial charge in [-0.2, -0.15) is 0 Å². The van der Waals surface area contributed by atoms with Gasteiger partial charge >= 0.3 is 5.97 Å². The standard InChI is InChI=1S/C20H20ClN3O3/c1-13(2)27-19(25)12-24-17-6-4-3-5-16(17)23-18(24)11-22-20(26)14-7-9-15(21)10-8-14/h3-10,13H,11-12H2,1-2H3,(H,22,26). The first kappa shape index (κ1) is 18.9. The Morgan fingerprint density at radius 3 is 2.56 bits per heavy atom. The van der Waals surface area contributed by atoms with E-state index in [0.717, 1.165) is 11.0 Å². The molecule has 1 amide bonds. The lowest BCUT2D eigenvalue weighted by molar-refractivity contribution is -0.148. The molecule has 0 aliphatic heterocycles. The number of halogens is 1. The molecule has 140 valence electrons. The lowest BCUT2D eigenvalue weighted by Gasteiger charge is -2.12. The summed E-state index contributed by atoms with van der Waals surface area (Å²) < 4.78 is 7.01. The van der Waals surface area contributed by atoms with Gasteiger partial charge in [0.1, 0.15) is 12.4 Å². The van der Waals surface area contributed by atoms with E-state index in [4.69, 9.17) is 16.3 Å². The molecule has 7 heteroatoms. The fraction of sp³-hybridized carbons (Fsp3) is 0.250. The predicted molar refractivity (Wildman–Crippen MR) is 104 cm³/mol. The summed E-state index contributed by atoms with van der Waals surface area (Å²) in [6, 6.07) is 14.1. The van der Waals surface area contributed by atoms with E-state index in [-0.39, 0.29) is 31.1 Å². The van der Waals surface area contributed by atoms with Crippen LogP contribution >= 0.6 is 11.6 Å². The number of hydrogen-bond acceptors (Lipinski definition) is 4. The second-order valence-electron chi connectivity index (χ2n) is 6.33. The molecule has 1 N–H and O–H groups in total. The normalized spacial score (nSPS) is 11.0. The molecule has 0 fully saturated rings. The van der Waals surface area contributed by atoms with Gasteiger partial charge in [-0.3, -0.25) is 9.59 Å². The van der Waals surface area contributed by atoms with Crippen LogP contribution in [0.2, 0.25) is 5.02 Å². The summed E-state index contributed by atoms with van der Waals surface area (Å²) in [5, 5.41) is 3.40. The van der Waals surface area contributed by atoms with Crippen LogP contribution in [0.15, 0.2) is 48.5 Å². The predicted octanol–water partition coefficient (Wildman–Crippen LogP) is 3.57. The molecule has 3 rings (SSSR count). The maximum atomic E-state index is 12.3. The number of ether oxygens (including phenoxy) is 1. The first-order valence-corrected chi connectivity index (χ1v) is 8.99. The number of benzene rings is 2. The number of fused-ring (bicyclic) bond motifs is 1. The Morgan fingerprint density at radius 2 is 1.85 bits per heavy atom. The Labute approximate surface area is 162 Å². The van der Waals surface area contributed by atoms with E-state index in [0.29, 0.717) is 16.4 Å². The number of carbonyl (C=O) groups is 2. The van der Waals surface area contributed by atoms with Crippen molar-refractivity contribution < 1.29 is 14.3 Å². The summed E-state index contributed by atoms with van der Waals surface area (Å²) in [4.78, 5) is 29.0. The highest BCUT2D eigenvalue weighted by Gasteiger charge is 2.16. The van der Waals surface area contributed by atoms with Crippen molar-refractivity contribution in [2.75, 3.05) is 0 Å². The van der Waals surface area contributed by atoms with E-state index in [2.05, 4.69) is 10.3 Å². The SMILES string of the molecule is CC(C)OC(=O)Cn1c(CNC(=O)c2ccc(Cl)cc2)nc2ccccc21. The topological polar surface area (TPSA) is 73.2 Å². The monoisotopic (exact) mass is 385 g/mol. The van der Waals surface area contributed by atoms with Crippen LogP contribution in [0.5, 0.6) is 0 Å².